The van der Waals surface area contributed by atoms with Crippen LogP contribution in [0.1, 0.15) is 48.0 Å². The molecule has 1 saturated carbocycles. The second-order valence-corrected chi connectivity index (χ2v) is 7.96. The summed E-state index contributed by atoms with van der Waals surface area (Å²) in [6.45, 7) is 2.87. The van der Waals surface area contributed by atoms with Gasteiger partial charge in [-0.2, -0.15) is 13.2 Å². The molecule has 1 aromatic carbocycles. The molecule has 29 heavy (non-hydrogen) atoms. The van der Waals surface area contributed by atoms with E-state index in [-0.39, 0.29) is 18.0 Å². The van der Waals surface area contributed by atoms with Crippen LogP contribution in [0.25, 0.3) is 0 Å². The Hall–Kier alpha value is -2.09. The van der Waals surface area contributed by atoms with Gasteiger partial charge in [-0.1, -0.05) is 25.3 Å². The van der Waals surface area contributed by atoms with Gasteiger partial charge < -0.3 is 10.2 Å². The van der Waals surface area contributed by atoms with Crippen molar-refractivity contribution in [3.05, 3.63) is 35.4 Å². The number of alkyl halides is 3. The zero-order valence-corrected chi connectivity index (χ0v) is 16.5. The van der Waals surface area contributed by atoms with E-state index in [0.29, 0.717) is 32.1 Å². The molecule has 1 N–H and O–H groups in total. The lowest BCUT2D eigenvalue weighted by atomic mass is 9.89. The van der Waals surface area contributed by atoms with Crippen LogP contribution in [0.5, 0.6) is 0 Å². The highest BCUT2D eigenvalue weighted by Crippen LogP contribution is 2.29. The normalized spacial score (nSPS) is 19.2. The van der Waals surface area contributed by atoms with Crippen molar-refractivity contribution in [3.63, 3.8) is 0 Å². The van der Waals surface area contributed by atoms with Crippen LogP contribution in [-0.4, -0.2) is 60.9 Å². The third kappa shape index (κ3) is 6.19. The summed E-state index contributed by atoms with van der Waals surface area (Å²) in [4.78, 5) is 28.3. The Bertz CT molecular complexity index is 709. The lowest BCUT2D eigenvalue weighted by molar-refractivity contribution is -0.137. The van der Waals surface area contributed by atoms with Gasteiger partial charge in [0.25, 0.3) is 5.91 Å². The Morgan fingerprint density at radius 3 is 2.38 bits per heavy atom. The molecule has 5 nitrogen and oxygen atoms in total. The average molecular weight is 411 g/mol. The molecule has 3 rings (SSSR count). The molecule has 8 heteroatoms. The Morgan fingerprint density at radius 1 is 1.03 bits per heavy atom. The van der Waals surface area contributed by atoms with E-state index in [2.05, 4.69) is 5.32 Å². The van der Waals surface area contributed by atoms with Crippen molar-refractivity contribution in [2.24, 2.45) is 5.92 Å². The van der Waals surface area contributed by atoms with Crippen LogP contribution in [0.2, 0.25) is 0 Å². The van der Waals surface area contributed by atoms with Crippen molar-refractivity contribution in [2.45, 2.75) is 38.3 Å². The van der Waals surface area contributed by atoms with Crippen LogP contribution < -0.4 is 5.32 Å². The monoisotopic (exact) mass is 411 g/mol. The smallest absolute Gasteiger partial charge is 0.355 e. The molecule has 2 aliphatic rings. The number of rotatable bonds is 5. The number of nitrogens with zero attached hydrogens (tertiary/aromatic N) is 2. The van der Waals surface area contributed by atoms with Gasteiger partial charge in [0.1, 0.15) is 0 Å². The second-order valence-electron chi connectivity index (χ2n) is 7.96. The van der Waals surface area contributed by atoms with E-state index in [1.807, 2.05) is 4.90 Å². The van der Waals surface area contributed by atoms with Crippen LogP contribution in [0.3, 0.4) is 0 Å². The number of benzene rings is 1. The van der Waals surface area contributed by atoms with Crippen LogP contribution in [0.4, 0.5) is 13.2 Å². The minimum Gasteiger partial charge on any atom is -0.355 e. The minimum atomic E-state index is -4.47. The topological polar surface area (TPSA) is 52.7 Å². The molecule has 0 bridgehead atoms. The van der Waals surface area contributed by atoms with Crippen molar-refractivity contribution in [1.29, 1.82) is 0 Å². The summed E-state index contributed by atoms with van der Waals surface area (Å²) in [6.07, 6.45) is 1.64. The van der Waals surface area contributed by atoms with Crippen LogP contribution >= 0.6 is 0 Å². The summed E-state index contributed by atoms with van der Waals surface area (Å²) < 4.78 is 38.6. The fraction of sp³-hybridized carbons (Fsp3) is 0.619. The van der Waals surface area contributed by atoms with Gasteiger partial charge in [0.15, 0.2) is 0 Å². The first-order valence-electron chi connectivity index (χ1n) is 10.3. The Balaban J connectivity index is 1.44. The number of hydrogen-bond donors (Lipinski definition) is 1. The number of amides is 2. The van der Waals surface area contributed by atoms with E-state index >= 15 is 0 Å². The van der Waals surface area contributed by atoms with Gasteiger partial charge >= 0.3 is 6.18 Å². The summed E-state index contributed by atoms with van der Waals surface area (Å²) in [5.41, 5.74) is -0.782. The summed E-state index contributed by atoms with van der Waals surface area (Å²) in [7, 11) is 0. The van der Waals surface area contributed by atoms with Crippen molar-refractivity contribution in [1.82, 2.24) is 15.1 Å². The summed E-state index contributed by atoms with van der Waals surface area (Å²) in [5.74, 6) is 0.167. The van der Waals surface area contributed by atoms with Gasteiger partial charge in [0.05, 0.1) is 12.1 Å². The van der Waals surface area contributed by atoms with E-state index in [0.717, 1.165) is 18.7 Å². The maximum atomic E-state index is 12.9. The summed E-state index contributed by atoms with van der Waals surface area (Å²) in [5, 5.41) is 3.01. The number of carbonyl (C=O) groups is 2. The third-order valence-electron chi connectivity index (χ3n) is 5.78. The fourth-order valence-corrected chi connectivity index (χ4v) is 4.03. The highest BCUT2D eigenvalue weighted by molar-refractivity contribution is 5.94. The lowest BCUT2D eigenvalue weighted by Crippen LogP contribution is -2.51. The van der Waals surface area contributed by atoms with E-state index in [1.54, 1.807) is 4.90 Å². The Morgan fingerprint density at radius 2 is 1.72 bits per heavy atom. The van der Waals surface area contributed by atoms with Gasteiger partial charge in [0.2, 0.25) is 5.91 Å². The highest BCUT2D eigenvalue weighted by atomic mass is 19.4. The average Bonchev–Trinajstić information content (AvgIpc) is 2.72. The van der Waals surface area contributed by atoms with Crippen LogP contribution in [0, 0.1) is 5.92 Å². The van der Waals surface area contributed by atoms with E-state index in [1.165, 1.54) is 44.2 Å². The zero-order valence-electron chi connectivity index (χ0n) is 16.5. The predicted octanol–water partition coefficient (Wildman–Crippen LogP) is 3.16. The van der Waals surface area contributed by atoms with Crippen molar-refractivity contribution in [2.75, 3.05) is 39.3 Å². The third-order valence-corrected chi connectivity index (χ3v) is 5.78. The first-order valence-corrected chi connectivity index (χ1v) is 10.3. The number of piperazine rings is 1. The molecule has 0 aromatic heterocycles. The number of hydrogen-bond acceptors (Lipinski definition) is 3. The molecule has 1 heterocycles. The molecule has 1 aromatic rings. The molecule has 0 radical (unpaired) electrons. The molecule has 2 amide bonds. The Kier molecular flexibility index (Phi) is 7.16. The van der Waals surface area contributed by atoms with Crippen molar-refractivity contribution in [3.8, 4) is 0 Å². The molecule has 0 atom stereocenters. The van der Waals surface area contributed by atoms with Crippen molar-refractivity contribution >= 4 is 11.8 Å². The SMILES string of the molecule is O=C(CN1CCN(C(=O)c2cccc(C(F)(F)F)c2)CC1)NCC1CCCCC1. The predicted molar refractivity (Wildman–Crippen MR) is 103 cm³/mol. The van der Waals surface area contributed by atoms with Crippen LogP contribution in [-0.2, 0) is 11.0 Å². The molecule has 0 spiro atoms. The second kappa shape index (κ2) is 9.61. The first-order chi connectivity index (χ1) is 13.8. The molecule has 0 unspecified atom stereocenters. The minimum absolute atomic E-state index is 0.00627. The zero-order chi connectivity index (χ0) is 20.9. The first kappa shape index (κ1) is 21.6. The van der Waals surface area contributed by atoms with Crippen LogP contribution in [0.15, 0.2) is 24.3 Å². The lowest BCUT2D eigenvalue weighted by Gasteiger charge is -2.34. The number of nitrogens with one attached hydrogen (secondary N) is 1. The quantitative estimate of drug-likeness (QED) is 0.810. The Labute approximate surface area is 169 Å². The molecule has 1 aliphatic heterocycles. The fourth-order valence-electron chi connectivity index (χ4n) is 4.03. The molecular weight excluding hydrogens is 383 g/mol. The van der Waals surface area contributed by atoms with E-state index < -0.39 is 17.6 Å². The van der Waals surface area contributed by atoms with Gasteiger partial charge in [0, 0.05) is 38.3 Å². The number of carbonyl (C=O) groups excluding carboxylic acids is 2. The van der Waals surface area contributed by atoms with E-state index in [9.17, 15) is 22.8 Å². The maximum absolute atomic E-state index is 12.9. The van der Waals surface area contributed by atoms with Gasteiger partial charge in [-0.25, -0.2) is 0 Å². The molecule has 1 saturated heterocycles. The van der Waals surface area contributed by atoms with Crippen molar-refractivity contribution < 1.29 is 22.8 Å². The van der Waals surface area contributed by atoms with Gasteiger partial charge in [-0.3, -0.25) is 14.5 Å². The molecule has 160 valence electrons. The molecule has 2 fully saturated rings. The largest absolute Gasteiger partial charge is 0.416 e. The molecule has 1 aliphatic carbocycles. The summed E-state index contributed by atoms with van der Waals surface area (Å²) in [6, 6.07) is 4.51. The summed E-state index contributed by atoms with van der Waals surface area (Å²) >= 11 is 0. The highest BCUT2D eigenvalue weighted by Gasteiger charge is 2.31. The van der Waals surface area contributed by atoms with E-state index in [4.69, 9.17) is 0 Å². The maximum Gasteiger partial charge on any atom is 0.416 e. The van der Waals surface area contributed by atoms with Gasteiger partial charge in [-0.15, -0.1) is 0 Å². The standard InChI is InChI=1S/C21H28F3N3O2/c22-21(23,24)18-8-4-7-17(13-18)20(29)27-11-9-26(10-12-27)15-19(28)25-14-16-5-2-1-3-6-16/h4,7-8,13,16H,1-3,5-6,9-12,14-15H2,(H,25,28). The number of halogens is 3. The molecular formula is C21H28F3N3O2. The van der Waals surface area contributed by atoms with Gasteiger partial charge in [-0.05, 0) is 37.0 Å².